The first-order chi connectivity index (χ1) is 13.3. The van der Waals surface area contributed by atoms with E-state index in [-0.39, 0.29) is 5.91 Å². The summed E-state index contributed by atoms with van der Waals surface area (Å²) in [6.07, 6.45) is 0.705. The van der Waals surface area contributed by atoms with Crippen LogP contribution in [0.5, 0.6) is 0 Å². The van der Waals surface area contributed by atoms with Gasteiger partial charge in [-0.05, 0) is 17.2 Å². The molecule has 3 aromatic rings. The SMILES string of the molecule is O=C(c1cccc2c1COC2)N1CCc2nc(-c3ccccc3)nn2CC1. The summed E-state index contributed by atoms with van der Waals surface area (Å²) in [5, 5.41) is 4.65. The number of nitrogens with zero attached hydrogens (tertiary/aromatic N) is 4. The Morgan fingerprint density at radius 1 is 0.963 bits per heavy atom. The third-order valence-electron chi connectivity index (χ3n) is 5.26. The van der Waals surface area contributed by atoms with Gasteiger partial charge in [0.1, 0.15) is 5.82 Å². The van der Waals surface area contributed by atoms with E-state index in [2.05, 4.69) is 5.10 Å². The Labute approximate surface area is 157 Å². The number of ether oxygens (including phenoxy) is 1. The summed E-state index contributed by atoms with van der Waals surface area (Å²) >= 11 is 0. The Morgan fingerprint density at radius 2 is 1.85 bits per heavy atom. The van der Waals surface area contributed by atoms with Crippen molar-refractivity contribution in [1.82, 2.24) is 19.7 Å². The molecule has 27 heavy (non-hydrogen) atoms. The average Bonchev–Trinajstić information content (AvgIpc) is 3.31. The average molecular weight is 360 g/mol. The standard InChI is InChI=1S/C21H20N4O2/c26-21(17-8-4-7-16-13-27-14-18(16)17)24-10-9-19-22-20(23-25(19)12-11-24)15-5-2-1-3-6-15/h1-8H,9-14H2. The number of carbonyl (C=O) groups is 1. The molecule has 1 aromatic heterocycles. The first-order valence-electron chi connectivity index (χ1n) is 9.26. The number of hydrogen-bond acceptors (Lipinski definition) is 4. The van der Waals surface area contributed by atoms with E-state index in [0.29, 0.717) is 39.3 Å². The molecule has 0 unspecified atom stereocenters. The molecule has 0 saturated carbocycles. The maximum Gasteiger partial charge on any atom is 0.254 e. The topological polar surface area (TPSA) is 60.2 Å². The molecule has 5 rings (SSSR count). The maximum atomic E-state index is 13.1. The van der Waals surface area contributed by atoms with E-state index in [0.717, 1.165) is 33.9 Å². The second-order valence-corrected chi connectivity index (χ2v) is 6.92. The van der Waals surface area contributed by atoms with Crippen LogP contribution in [-0.2, 0) is 30.9 Å². The lowest BCUT2D eigenvalue weighted by Crippen LogP contribution is -2.34. The number of hydrogen-bond donors (Lipinski definition) is 0. The molecule has 1 amide bonds. The quantitative estimate of drug-likeness (QED) is 0.705. The lowest BCUT2D eigenvalue weighted by molar-refractivity contribution is 0.0753. The molecule has 0 saturated heterocycles. The van der Waals surface area contributed by atoms with Crippen LogP contribution in [0.3, 0.4) is 0 Å². The highest BCUT2D eigenvalue weighted by Gasteiger charge is 2.26. The molecular weight excluding hydrogens is 340 g/mol. The van der Waals surface area contributed by atoms with Gasteiger partial charge in [0.05, 0.1) is 19.8 Å². The third kappa shape index (κ3) is 2.92. The van der Waals surface area contributed by atoms with Crippen molar-refractivity contribution in [2.45, 2.75) is 26.2 Å². The third-order valence-corrected chi connectivity index (χ3v) is 5.26. The summed E-state index contributed by atoms with van der Waals surface area (Å²) < 4.78 is 7.46. The predicted molar refractivity (Wildman–Crippen MR) is 100 cm³/mol. The summed E-state index contributed by atoms with van der Waals surface area (Å²) in [7, 11) is 0. The second kappa shape index (κ2) is 6.63. The molecule has 6 heteroatoms. The van der Waals surface area contributed by atoms with Crippen molar-refractivity contribution in [3.05, 3.63) is 71.0 Å². The van der Waals surface area contributed by atoms with E-state index in [9.17, 15) is 4.79 Å². The number of aromatic nitrogens is 3. The van der Waals surface area contributed by atoms with Crippen LogP contribution in [0, 0.1) is 0 Å². The lowest BCUT2D eigenvalue weighted by Gasteiger charge is -2.21. The van der Waals surface area contributed by atoms with Gasteiger partial charge < -0.3 is 9.64 Å². The van der Waals surface area contributed by atoms with Crippen molar-refractivity contribution in [3.63, 3.8) is 0 Å². The van der Waals surface area contributed by atoms with Gasteiger partial charge in [-0.2, -0.15) is 5.10 Å². The van der Waals surface area contributed by atoms with Gasteiger partial charge in [0.2, 0.25) is 0 Å². The van der Waals surface area contributed by atoms with E-state index in [4.69, 9.17) is 9.72 Å². The molecule has 2 aliphatic rings. The fourth-order valence-electron chi connectivity index (χ4n) is 3.79. The molecule has 2 aromatic carbocycles. The van der Waals surface area contributed by atoms with Crippen molar-refractivity contribution in [2.24, 2.45) is 0 Å². The van der Waals surface area contributed by atoms with Crippen LogP contribution in [0.25, 0.3) is 11.4 Å². The smallest absolute Gasteiger partial charge is 0.254 e. The van der Waals surface area contributed by atoms with Gasteiger partial charge in [-0.25, -0.2) is 9.67 Å². The highest BCUT2D eigenvalue weighted by Crippen LogP contribution is 2.25. The van der Waals surface area contributed by atoms with E-state index in [1.165, 1.54) is 0 Å². The monoisotopic (exact) mass is 360 g/mol. The first kappa shape index (κ1) is 16.2. The van der Waals surface area contributed by atoms with Gasteiger partial charge in [-0.15, -0.1) is 0 Å². The Balaban J connectivity index is 1.36. The molecule has 3 heterocycles. The molecule has 6 nitrogen and oxygen atoms in total. The van der Waals surface area contributed by atoms with Gasteiger partial charge in [0, 0.05) is 30.6 Å². The normalized spacial score (nSPS) is 15.9. The minimum absolute atomic E-state index is 0.0754. The fourth-order valence-corrected chi connectivity index (χ4v) is 3.79. The molecule has 0 aliphatic carbocycles. The highest BCUT2D eigenvalue weighted by atomic mass is 16.5. The van der Waals surface area contributed by atoms with Crippen LogP contribution in [-0.4, -0.2) is 38.7 Å². The zero-order valence-corrected chi connectivity index (χ0v) is 15.0. The molecule has 0 radical (unpaired) electrons. The van der Waals surface area contributed by atoms with Crippen LogP contribution in [0.15, 0.2) is 48.5 Å². The lowest BCUT2D eigenvalue weighted by atomic mass is 10.0. The van der Waals surface area contributed by atoms with Gasteiger partial charge in [-0.1, -0.05) is 42.5 Å². The molecule has 0 atom stereocenters. The van der Waals surface area contributed by atoms with Crippen LogP contribution in [0.1, 0.15) is 27.3 Å². The molecule has 0 N–H and O–H groups in total. The van der Waals surface area contributed by atoms with Gasteiger partial charge in [0.15, 0.2) is 5.82 Å². The molecule has 0 spiro atoms. The van der Waals surface area contributed by atoms with Gasteiger partial charge in [-0.3, -0.25) is 4.79 Å². The second-order valence-electron chi connectivity index (χ2n) is 6.92. The van der Waals surface area contributed by atoms with Crippen molar-refractivity contribution >= 4 is 5.91 Å². The van der Waals surface area contributed by atoms with Crippen LogP contribution >= 0.6 is 0 Å². The number of benzene rings is 2. The Kier molecular flexibility index (Phi) is 3.98. The number of fused-ring (bicyclic) bond motifs is 2. The highest BCUT2D eigenvalue weighted by molar-refractivity contribution is 5.96. The summed E-state index contributed by atoms with van der Waals surface area (Å²) in [4.78, 5) is 19.7. The Morgan fingerprint density at radius 3 is 2.74 bits per heavy atom. The van der Waals surface area contributed by atoms with Crippen molar-refractivity contribution in [3.8, 4) is 11.4 Å². The largest absolute Gasteiger partial charge is 0.372 e. The van der Waals surface area contributed by atoms with E-state index in [1.807, 2.05) is 58.1 Å². The molecule has 0 fully saturated rings. The van der Waals surface area contributed by atoms with Gasteiger partial charge >= 0.3 is 0 Å². The zero-order valence-electron chi connectivity index (χ0n) is 15.0. The number of rotatable bonds is 2. The van der Waals surface area contributed by atoms with Gasteiger partial charge in [0.25, 0.3) is 5.91 Å². The number of amides is 1. The van der Waals surface area contributed by atoms with Crippen molar-refractivity contribution in [1.29, 1.82) is 0 Å². The van der Waals surface area contributed by atoms with E-state index < -0.39 is 0 Å². The van der Waals surface area contributed by atoms with Crippen LogP contribution < -0.4 is 0 Å². The molecule has 2 aliphatic heterocycles. The predicted octanol–water partition coefficient (Wildman–Crippen LogP) is 2.67. The number of carbonyl (C=O) groups excluding carboxylic acids is 1. The zero-order chi connectivity index (χ0) is 18.2. The van der Waals surface area contributed by atoms with Crippen molar-refractivity contribution < 1.29 is 9.53 Å². The van der Waals surface area contributed by atoms with Crippen molar-refractivity contribution in [2.75, 3.05) is 13.1 Å². The van der Waals surface area contributed by atoms with E-state index in [1.54, 1.807) is 0 Å². The van der Waals surface area contributed by atoms with Crippen LogP contribution in [0.4, 0.5) is 0 Å². The van der Waals surface area contributed by atoms with Crippen LogP contribution in [0.2, 0.25) is 0 Å². The maximum absolute atomic E-state index is 13.1. The minimum Gasteiger partial charge on any atom is -0.372 e. The minimum atomic E-state index is 0.0754. The fraction of sp³-hybridized carbons (Fsp3) is 0.286. The molecule has 136 valence electrons. The first-order valence-corrected chi connectivity index (χ1v) is 9.26. The van der Waals surface area contributed by atoms with E-state index >= 15 is 0 Å². The summed E-state index contributed by atoms with van der Waals surface area (Å²) in [6, 6.07) is 15.9. The Bertz CT molecular complexity index is 971. The molecule has 0 bridgehead atoms. The molecular formula is C21H20N4O2. The summed E-state index contributed by atoms with van der Waals surface area (Å²) in [5.74, 6) is 1.76. The summed E-state index contributed by atoms with van der Waals surface area (Å²) in [6.45, 7) is 3.06. The summed E-state index contributed by atoms with van der Waals surface area (Å²) in [5.41, 5.74) is 3.94. The Hall–Kier alpha value is -2.99.